The monoisotopic (exact) mass is 391 g/mol. The SMILES string of the molecule is CCC(C)C(C)(N)c1cc(C(C)(N)C(C)CC)c(O)c(C(C)(N)C(C)CC)c1. The lowest BCUT2D eigenvalue weighted by atomic mass is 9.71. The molecule has 0 aliphatic heterocycles. The highest BCUT2D eigenvalue weighted by atomic mass is 16.3. The number of phenols is 1. The van der Waals surface area contributed by atoms with Gasteiger partial charge in [-0.2, -0.15) is 0 Å². The van der Waals surface area contributed by atoms with Gasteiger partial charge in [-0.05, 0) is 56.2 Å². The van der Waals surface area contributed by atoms with E-state index in [1.807, 2.05) is 26.0 Å². The van der Waals surface area contributed by atoms with Gasteiger partial charge in [0.15, 0.2) is 0 Å². The van der Waals surface area contributed by atoms with E-state index in [-0.39, 0.29) is 23.5 Å². The molecule has 0 radical (unpaired) electrons. The fraction of sp³-hybridized carbons (Fsp3) is 0.750. The molecule has 1 aromatic rings. The Morgan fingerprint density at radius 2 is 1.00 bits per heavy atom. The van der Waals surface area contributed by atoms with Crippen molar-refractivity contribution >= 4 is 0 Å². The fourth-order valence-electron chi connectivity index (χ4n) is 3.85. The Morgan fingerprint density at radius 3 is 1.29 bits per heavy atom. The molecule has 4 heteroatoms. The van der Waals surface area contributed by atoms with Crippen molar-refractivity contribution < 1.29 is 5.11 Å². The highest BCUT2D eigenvalue weighted by Gasteiger charge is 2.39. The van der Waals surface area contributed by atoms with E-state index in [4.69, 9.17) is 17.2 Å². The Bertz CT molecular complexity index is 621. The molecule has 7 N–H and O–H groups in total. The van der Waals surface area contributed by atoms with Gasteiger partial charge >= 0.3 is 0 Å². The third-order valence-electron chi connectivity index (χ3n) is 7.80. The molecular formula is C24H45N3O. The van der Waals surface area contributed by atoms with Crippen LogP contribution in [-0.2, 0) is 16.6 Å². The molecule has 0 saturated heterocycles. The number of benzene rings is 1. The minimum Gasteiger partial charge on any atom is -0.507 e. The Morgan fingerprint density at radius 1 is 0.714 bits per heavy atom. The highest BCUT2D eigenvalue weighted by Crippen LogP contribution is 2.45. The van der Waals surface area contributed by atoms with Gasteiger partial charge in [-0.15, -0.1) is 0 Å². The molecule has 28 heavy (non-hydrogen) atoms. The normalized spacial score (nSPS) is 21.9. The second-order valence-corrected chi connectivity index (χ2v) is 9.70. The molecule has 0 spiro atoms. The summed E-state index contributed by atoms with van der Waals surface area (Å²) in [6, 6.07) is 4.04. The van der Waals surface area contributed by atoms with Crippen molar-refractivity contribution in [1.82, 2.24) is 0 Å². The van der Waals surface area contributed by atoms with Gasteiger partial charge in [0.05, 0.1) is 0 Å². The smallest absolute Gasteiger partial charge is 0.125 e. The first-order valence-corrected chi connectivity index (χ1v) is 10.9. The third kappa shape index (κ3) is 4.39. The van der Waals surface area contributed by atoms with Crippen LogP contribution in [0.25, 0.3) is 0 Å². The van der Waals surface area contributed by atoms with Crippen molar-refractivity contribution in [2.24, 2.45) is 35.0 Å². The van der Waals surface area contributed by atoms with Crippen LogP contribution in [-0.4, -0.2) is 5.11 Å². The topological polar surface area (TPSA) is 98.3 Å². The van der Waals surface area contributed by atoms with Crippen LogP contribution in [0.15, 0.2) is 12.1 Å². The van der Waals surface area contributed by atoms with Gasteiger partial charge in [-0.3, -0.25) is 0 Å². The standard InChI is InChI=1S/C24H45N3O/c1-10-15(4)22(7,25)18-13-19(23(8,26)16(5)11-2)21(28)20(14-18)24(9,27)17(6)12-3/h13-17,28H,10-12,25-27H2,1-9H3. The van der Waals surface area contributed by atoms with Gasteiger partial charge in [0.2, 0.25) is 0 Å². The van der Waals surface area contributed by atoms with E-state index in [1.165, 1.54) is 0 Å². The van der Waals surface area contributed by atoms with Gasteiger partial charge in [0.25, 0.3) is 0 Å². The summed E-state index contributed by atoms with van der Waals surface area (Å²) in [6.07, 6.45) is 2.81. The molecule has 0 aliphatic rings. The summed E-state index contributed by atoms with van der Waals surface area (Å²) in [5.41, 5.74) is 21.0. The van der Waals surface area contributed by atoms with Gasteiger partial charge in [-0.25, -0.2) is 0 Å². The maximum atomic E-state index is 11.3. The summed E-state index contributed by atoms with van der Waals surface area (Å²) in [5, 5.41) is 11.3. The van der Waals surface area contributed by atoms with Crippen LogP contribution in [0.3, 0.4) is 0 Å². The van der Waals surface area contributed by atoms with Gasteiger partial charge in [0.1, 0.15) is 5.75 Å². The highest BCUT2D eigenvalue weighted by molar-refractivity contribution is 5.52. The molecular weight excluding hydrogens is 346 g/mol. The van der Waals surface area contributed by atoms with Gasteiger partial charge < -0.3 is 22.3 Å². The molecule has 1 rings (SSSR count). The molecule has 1 aromatic carbocycles. The Balaban J connectivity index is 3.88. The molecule has 0 aromatic heterocycles. The first kappa shape index (κ1) is 24.9. The van der Waals surface area contributed by atoms with E-state index in [9.17, 15) is 5.11 Å². The van der Waals surface area contributed by atoms with Crippen molar-refractivity contribution in [3.63, 3.8) is 0 Å². The molecule has 4 nitrogen and oxygen atoms in total. The first-order valence-electron chi connectivity index (χ1n) is 10.9. The van der Waals surface area contributed by atoms with E-state index < -0.39 is 16.6 Å². The number of hydrogen-bond acceptors (Lipinski definition) is 4. The maximum Gasteiger partial charge on any atom is 0.125 e. The minimum absolute atomic E-state index is 0.196. The van der Waals surface area contributed by atoms with Crippen molar-refractivity contribution in [2.45, 2.75) is 98.2 Å². The lowest BCUT2D eigenvalue weighted by molar-refractivity contribution is 0.278. The second kappa shape index (κ2) is 8.73. The number of aromatic hydroxyl groups is 1. The number of hydrogen-bond donors (Lipinski definition) is 4. The summed E-state index contributed by atoms with van der Waals surface area (Å²) in [5.74, 6) is 0.890. The summed E-state index contributed by atoms with van der Waals surface area (Å²) < 4.78 is 0. The Labute approximate surface area is 173 Å². The summed E-state index contributed by atoms with van der Waals surface area (Å²) in [6.45, 7) is 18.9. The number of rotatable bonds is 9. The zero-order valence-electron chi connectivity index (χ0n) is 19.7. The lowest BCUT2D eigenvalue weighted by Crippen LogP contribution is -2.45. The van der Waals surface area contributed by atoms with Crippen molar-refractivity contribution in [3.05, 3.63) is 28.8 Å². The van der Waals surface area contributed by atoms with Crippen LogP contribution < -0.4 is 17.2 Å². The fourth-order valence-corrected chi connectivity index (χ4v) is 3.85. The minimum atomic E-state index is -0.680. The van der Waals surface area contributed by atoms with Crippen LogP contribution in [0.5, 0.6) is 5.75 Å². The van der Waals surface area contributed by atoms with Crippen LogP contribution >= 0.6 is 0 Å². The molecule has 0 aliphatic carbocycles. The first-order chi connectivity index (χ1) is 12.7. The van der Waals surface area contributed by atoms with Crippen LogP contribution in [0, 0.1) is 17.8 Å². The molecule has 0 bridgehead atoms. The van der Waals surface area contributed by atoms with Crippen molar-refractivity contribution in [3.8, 4) is 5.75 Å². The summed E-state index contributed by atoms with van der Waals surface area (Å²) >= 11 is 0. The molecule has 0 saturated carbocycles. The second-order valence-electron chi connectivity index (χ2n) is 9.70. The Kier molecular flexibility index (Phi) is 7.77. The van der Waals surface area contributed by atoms with Crippen LogP contribution in [0.1, 0.15) is 98.3 Å². The predicted molar refractivity (Wildman–Crippen MR) is 121 cm³/mol. The number of nitrogens with two attached hydrogens (primary N) is 3. The van der Waals surface area contributed by atoms with E-state index in [0.29, 0.717) is 0 Å². The van der Waals surface area contributed by atoms with E-state index >= 15 is 0 Å². The average Bonchev–Trinajstić information content (AvgIpc) is 2.64. The van der Waals surface area contributed by atoms with E-state index in [2.05, 4.69) is 48.5 Å². The lowest BCUT2D eigenvalue weighted by Gasteiger charge is -2.40. The van der Waals surface area contributed by atoms with Crippen LogP contribution in [0.4, 0.5) is 0 Å². The van der Waals surface area contributed by atoms with Gasteiger partial charge in [-0.1, -0.05) is 60.8 Å². The zero-order valence-corrected chi connectivity index (χ0v) is 19.7. The van der Waals surface area contributed by atoms with Crippen molar-refractivity contribution in [2.75, 3.05) is 0 Å². The average molecular weight is 392 g/mol. The Hall–Kier alpha value is -1.10. The summed E-state index contributed by atoms with van der Waals surface area (Å²) in [4.78, 5) is 0. The summed E-state index contributed by atoms with van der Waals surface area (Å²) in [7, 11) is 0. The quantitative estimate of drug-likeness (QED) is 0.473. The van der Waals surface area contributed by atoms with E-state index in [0.717, 1.165) is 36.0 Å². The predicted octanol–water partition coefficient (Wildman–Crippen LogP) is 5.05. The maximum absolute atomic E-state index is 11.3. The largest absolute Gasteiger partial charge is 0.507 e. The molecule has 0 heterocycles. The number of phenolic OH excluding ortho intramolecular Hbond substituents is 1. The third-order valence-corrected chi connectivity index (χ3v) is 7.80. The van der Waals surface area contributed by atoms with Gasteiger partial charge in [0, 0.05) is 27.7 Å². The molecule has 6 atom stereocenters. The molecule has 0 amide bonds. The molecule has 0 fully saturated rings. The van der Waals surface area contributed by atoms with Crippen LogP contribution in [0.2, 0.25) is 0 Å². The molecule has 162 valence electrons. The molecule has 6 unspecified atom stereocenters. The van der Waals surface area contributed by atoms with Crippen molar-refractivity contribution in [1.29, 1.82) is 0 Å². The zero-order chi connectivity index (χ0) is 22.1. The van der Waals surface area contributed by atoms with E-state index in [1.54, 1.807) is 0 Å².